The van der Waals surface area contributed by atoms with Crippen molar-refractivity contribution in [3.63, 3.8) is 0 Å². The van der Waals surface area contributed by atoms with Crippen LogP contribution in [0.1, 0.15) is 31.1 Å². The molecule has 0 saturated carbocycles. The first kappa shape index (κ1) is 15.7. The third-order valence-electron chi connectivity index (χ3n) is 3.83. The monoisotopic (exact) mass is 283 g/mol. The van der Waals surface area contributed by atoms with Crippen molar-refractivity contribution in [1.82, 2.24) is 4.90 Å². The molecule has 1 N–H and O–H groups in total. The van der Waals surface area contributed by atoms with Crippen molar-refractivity contribution < 1.29 is 5.11 Å². The van der Waals surface area contributed by atoms with Crippen LogP contribution in [-0.4, -0.2) is 23.6 Å². The van der Waals surface area contributed by atoms with Crippen molar-refractivity contribution in [2.45, 2.75) is 26.5 Å². The van der Waals surface area contributed by atoms with Gasteiger partial charge in [0.15, 0.2) is 0 Å². The lowest BCUT2D eigenvalue weighted by molar-refractivity contribution is 0.0243. The summed E-state index contributed by atoms with van der Waals surface area (Å²) in [5, 5.41) is 10.6. The van der Waals surface area contributed by atoms with Gasteiger partial charge in [0.05, 0.1) is 6.10 Å². The van der Waals surface area contributed by atoms with Crippen molar-refractivity contribution in [1.29, 1.82) is 0 Å². The highest BCUT2D eigenvalue weighted by molar-refractivity contribution is 5.19. The van der Waals surface area contributed by atoms with Crippen LogP contribution in [0, 0.1) is 5.41 Å². The van der Waals surface area contributed by atoms with Crippen molar-refractivity contribution in [2.24, 2.45) is 5.41 Å². The molecule has 2 rings (SSSR count). The summed E-state index contributed by atoms with van der Waals surface area (Å²) in [5.41, 5.74) is 2.07. The Kier molecular flexibility index (Phi) is 5.16. The van der Waals surface area contributed by atoms with E-state index in [0.29, 0.717) is 0 Å². The van der Waals surface area contributed by atoms with Crippen LogP contribution in [-0.2, 0) is 6.54 Å². The first-order valence-corrected chi connectivity index (χ1v) is 7.44. The smallest absolute Gasteiger partial charge is 0.0853 e. The minimum atomic E-state index is -0.461. The second kappa shape index (κ2) is 6.88. The van der Waals surface area contributed by atoms with Crippen molar-refractivity contribution in [3.8, 4) is 0 Å². The SMILES string of the molecule is CN(Cc1ccccc1)CC(C)(C)C(O)c1ccccc1. The molecule has 2 nitrogen and oxygen atoms in total. The number of aliphatic hydroxyl groups is 1. The van der Waals surface area contributed by atoms with Crippen molar-refractivity contribution in [2.75, 3.05) is 13.6 Å². The van der Waals surface area contributed by atoms with Gasteiger partial charge in [-0.05, 0) is 18.2 Å². The normalized spacial score (nSPS) is 13.4. The molecule has 0 fully saturated rings. The van der Waals surface area contributed by atoms with E-state index in [4.69, 9.17) is 0 Å². The summed E-state index contributed by atoms with van der Waals surface area (Å²) in [6.07, 6.45) is -0.461. The van der Waals surface area contributed by atoms with Crippen molar-refractivity contribution in [3.05, 3.63) is 71.8 Å². The van der Waals surface area contributed by atoms with E-state index in [1.165, 1.54) is 5.56 Å². The molecule has 0 aliphatic heterocycles. The van der Waals surface area contributed by atoms with E-state index >= 15 is 0 Å². The fourth-order valence-electron chi connectivity index (χ4n) is 2.82. The minimum absolute atomic E-state index is 0.203. The van der Waals surface area contributed by atoms with Gasteiger partial charge in [-0.3, -0.25) is 0 Å². The maximum atomic E-state index is 10.6. The van der Waals surface area contributed by atoms with Gasteiger partial charge >= 0.3 is 0 Å². The van der Waals surface area contributed by atoms with E-state index in [-0.39, 0.29) is 5.41 Å². The van der Waals surface area contributed by atoms with Gasteiger partial charge < -0.3 is 10.0 Å². The molecule has 2 heteroatoms. The lowest BCUT2D eigenvalue weighted by atomic mass is 9.82. The van der Waals surface area contributed by atoms with E-state index in [1.807, 2.05) is 36.4 Å². The summed E-state index contributed by atoms with van der Waals surface area (Å²) in [5.74, 6) is 0. The first-order chi connectivity index (χ1) is 9.99. The van der Waals surface area contributed by atoms with Crippen LogP contribution in [0.25, 0.3) is 0 Å². The standard InChI is InChI=1S/C19H25NO/c1-19(2,18(21)17-12-8-5-9-13-17)15-20(3)14-16-10-6-4-7-11-16/h4-13,18,21H,14-15H2,1-3H3. The van der Waals surface area contributed by atoms with Crippen LogP contribution >= 0.6 is 0 Å². The van der Waals surface area contributed by atoms with Gasteiger partial charge in [0, 0.05) is 18.5 Å². The highest BCUT2D eigenvalue weighted by Gasteiger charge is 2.30. The molecule has 0 aliphatic carbocycles. The number of hydrogen-bond acceptors (Lipinski definition) is 2. The topological polar surface area (TPSA) is 23.5 Å². The molecule has 1 unspecified atom stereocenters. The number of benzene rings is 2. The lowest BCUT2D eigenvalue weighted by Crippen LogP contribution is -2.35. The van der Waals surface area contributed by atoms with Crippen LogP contribution in [0.5, 0.6) is 0 Å². The fourth-order valence-corrected chi connectivity index (χ4v) is 2.82. The highest BCUT2D eigenvalue weighted by Crippen LogP contribution is 2.33. The second-order valence-corrected chi connectivity index (χ2v) is 6.46. The zero-order valence-electron chi connectivity index (χ0n) is 13.2. The Bertz CT molecular complexity index is 536. The molecule has 2 aromatic rings. The van der Waals surface area contributed by atoms with Crippen LogP contribution in [0.3, 0.4) is 0 Å². The number of nitrogens with zero attached hydrogens (tertiary/aromatic N) is 1. The Balaban J connectivity index is 2.00. The lowest BCUT2D eigenvalue weighted by Gasteiger charge is -2.35. The molecule has 1 atom stereocenters. The molecule has 21 heavy (non-hydrogen) atoms. The molecule has 0 heterocycles. The number of aliphatic hydroxyl groups excluding tert-OH is 1. The average Bonchev–Trinajstić information content (AvgIpc) is 2.47. The summed E-state index contributed by atoms with van der Waals surface area (Å²) >= 11 is 0. The maximum absolute atomic E-state index is 10.6. The molecule has 0 amide bonds. The zero-order chi connectivity index (χ0) is 15.3. The van der Waals surface area contributed by atoms with Crippen molar-refractivity contribution >= 4 is 0 Å². The number of hydrogen-bond donors (Lipinski definition) is 1. The van der Waals surface area contributed by atoms with Crippen LogP contribution in [0.4, 0.5) is 0 Å². The van der Waals surface area contributed by atoms with Gasteiger partial charge in [0.2, 0.25) is 0 Å². The van der Waals surface area contributed by atoms with Crippen LogP contribution < -0.4 is 0 Å². The van der Waals surface area contributed by atoms with Gasteiger partial charge in [-0.25, -0.2) is 0 Å². The van der Waals surface area contributed by atoms with Gasteiger partial charge in [0.25, 0.3) is 0 Å². The minimum Gasteiger partial charge on any atom is -0.388 e. The molecule has 0 bridgehead atoms. The molecule has 0 aliphatic rings. The summed E-state index contributed by atoms with van der Waals surface area (Å²) in [6.45, 7) is 5.96. The Labute approximate surface area is 128 Å². The number of rotatable bonds is 6. The largest absolute Gasteiger partial charge is 0.388 e. The van der Waals surface area contributed by atoms with Gasteiger partial charge in [-0.1, -0.05) is 74.5 Å². The van der Waals surface area contributed by atoms with Crippen LogP contribution in [0.15, 0.2) is 60.7 Å². The summed E-state index contributed by atoms with van der Waals surface area (Å²) in [6, 6.07) is 20.3. The second-order valence-electron chi connectivity index (χ2n) is 6.46. The predicted molar refractivity (Wildman–Crippen MR) is 88.0 cm³/mol. The summed E-state index contributed by atoms with van der Waals surface area (Å²) in [4.78, 5) is 2.27. The van der Waals surface area contributed by atoms with E-state index in [2.05, 4.69) is 50.1 Å². The fraction of sp³-hybridized carbons (Fsp3) is 0.368. The summed E-state index contributed by atoms with van der Waals surface area (Å²) in [7, 11) is 2.10. The third kappa shape index (κ3) is 4.42. The quantitative estimate of drug-likeness (QED) is 0.869. The van der Waals surface area contributed by atoms with Gasteiger partial charge in [-0.15, -0.1) is 0 Å². The molecule has 112 valence electrons. The van der Waals surface area contributed by atoms with E-state index in [9.17, 15) is 5.11 Å². The third-order valence-corrected chi connectivity index (χ3v) is 3.83. The van der Waals surface area contributed by atoms with Crippen LogP contribution in [0.2, 0.25) is 0 Å². The van der Waals surface area contributed by atoms with E-state index in [0.717, 1.165) is 18.7 Å². The Hall–Kier alpha value is -1.64. The highest BCUT2D eigenvalue weighted by atomic mass is 16.3. The Morgan fingerprint density at radius 1 is 0.952 bits per heavy atom. The zero-order valence-corrected chi connectivity index (χ0v) is 13.2. The Morgan fingerprint density at radius 3 is 2.05 bits per heavy atom. The van der Waals surface area contributed by atoms with E-state index in [1.54, 1.807) is 0 Å². The predicted octanol–water partition coefficient (Wildman–Crippen LogP) is 3.88. The molecule has 0 aromatic heterocycles. The molecule has 2 aromatic carbocycles. The molecule has 0 spiro atoms. The molecular formula is C19H25NO. The molecular weight excluding hydrogens is 258 g/mol. The first-order valence-electron chi connectivity index (χ1n) is 7.44. The molecule has 0 saturated heterocycles. The Morgan fingerprint density at radius 2 is 1.48 bits per heavy atom. The summed E-state index contributed by atoms with van der Waals surface area (Å²) < 4.78 is 0. The average molecular weight is 283 g/mol. The van der Waals surface area contributed by atoms with Gasteiger partial charge in [-0.2, -0.15) is 0 Å². The van der Waals surface area contributed by atoms with Gasteiger partial charge in [0.1, 0.15) is 0 Å². The molecule has 0 radical (unpaired) electrons. The maximum Gasteiger partial charge on any atom is 0.0853 e. The van der Waals surface area contributed by atoms with E-state index < -0.39 is 6.10 Å².